The Morgan fingerprint density at radius 2 is 1.84 bits per heavy atom. The summed E-state index contributed by atoms with van der Waals surface area (Å²) in [5.41, 5.74) is 2.52. The highest BCUT2D eigenvalue weighted by Gasteiger charge is 2.44. The van der Waals surface area contributed by atoms with Crippen molar-refractivity contribution in [3.63, 3.8) is 0 Å². The van der Waals surface area contributed by atoms with Crippen LogP contribution >= 0.6 is 0 Å². The molecule has 0 aromatic heterocycles. The maximum absolute atomic E-state index is 10.6. The molecule has 1 N–H and O–H groups in total. The van der Waals surface area contributed by atoms with E-state index in [1.165, 1.54) is 31.2 Å². The molecule has 2 saturated heterocycles. The summed E-state index contributed by atoms with van der Waals surface area (Å²) < 4.78 is 5.86. The zero-order valence-corrected chi connectivity index (χ0v) is 11.3. The lowest BCUT2D eigenvalue weighted by Gasteiger charge is -2.27. The van der Waals surface area contributed by atoms with Crippen LogP contribution in [-0.2, 0) is 4.74 Å². The molecule has 2 nitrogen and oxygen atoms in total. The molecule has 0 spiro atoms. The molecule has 2 heteroatoms. The predicted octanol–water partition coefficient (Wildman–Crippen LogP) is 3.56. The fraction of sp³-hybridized carbons (Fsp3) is 0.647. The minimum absolute atomic E-state index is 0.298. The maximum atomic E-state index is 10.6. The van der Waals surface area contributed by atoms with Crippen molar-refractivity contribution in [1.29, 1.82) is 0 Å². The minimum Gasteiger partial charge on any atom is -0.388 e. The molecule has 4 atom stereocenters. The van der Waals surface area contributed by atoms with Crippen LogP contribution in [0, 0.1) is 5.92 Å². The lowest BCUT2D eigenvalue weighted by Crippen LogP contribution is -2.23. The van der Waals surface area contributed by atoms with Crippen LogP contribution < -0.4 is 0 Å². The van der Waals surface area contributed by atoms with Crippen molar-refractivity contribution in [1.82, 2.24) is 0 Å². The normalized spacial score (nSPS) is 35.3. The quantitative estimate of drug-likeness (QED) is 0.898. The zero-order chi connectivity index (χ0) is 12.8. The first-order valence-corrected chi connectivity index (χ1v) is 7.74. The Balaban J connectivity index is 1.48. The second-order valence-electron chi connectivity index (χ2n) is 6.51. The topological polar surface area (TPSA) is 29.5 Å². The van der Waals surface area contributed by atoms with E-state index in [2.05, 4.69) is 24.3 Å². The molecular weight excluding hydrogens is 236 g/mol. The highest BCUT2D eigenvalue weighted by atomic mass is 16.5. The van der Waals surface area contributed by atoms with Crippen LogP contribution in [0.2, 0.25) is 0 Å². The van der Waals surface area contributed by atoms with Crippen LogP contribution in [-0.4, -0.2) is 17.3 Å². The van der Waals surface area contributed by atoms with Gasteiger partial charge in [0, 0.05) is 5.92 Å². The van der Waals surface area contributed by atoms with E-state index in [-0.39, 0.29) is 6.10 Å². The monoisotopic (exact) mass is 258 g/mol. The average molecular weight is 258 g/mol. The predicted molar refractivity (Wildman–Crippen MR) is 74.0 cm³/mol. The van der Waals surface area contributed by atoms with E-state index in [0.29, 0.717) is 18.1 Å². The Morgan fingerprint density at radius 3 is 2.37 bits per heavy atom. The number of aliphatic hydroxyl groups excluding tert-OH is 1. The van der Waals surface area contributed by atoms with Gasteiger partial charge in [-0.1, -0.05) is 30.7 Å². The van der Waals surface area contributed by atoms with E-state index in [1.54, 1.807) is 0 Å². The summed E-state index contributed by atoms with van der Waals surface area (Å²) in [6.07, 6.45) is 7.77. The fourth-order valence-electron chi connectivity index (χ4n) is 3.96. The number of fused-ring (bicyclic) bond motifs is 2. The summed E-state index contributed by atoms with van der Waals surface area (Å²) in [6, 6.07) is 8.70. The summed E-state index contributed by atoms with van der Waals surface area (Å²) in [5.74, 6) is 1.09. The molecule has 102 valence electrons. The third-order valence-electron chi connectivity index (χ3n) is 5.41. The van der Waals surface area contributed by atoms with Crippen LogP contribution in [0.15, 0.2) is 24.3 Å². The van der Waals surface area contributed by atoms with Crippen molar-refractivity contribution < 1.29 is 9.84 Å². The van der Waals surface area contributed by atoms with Gasteiger partial charge >= 0.3 is 0 Å². The van der Waals surface area contributed by atoms with Crippen molar-refractivity contribution in [2.75, 3.05) is 0 Å². The number of hydrogen-bond donors (Lipinski definition) is 1. The summed E-state index contributed by atoms with van der Waals surface area (Å²) in [7, 11) is 0. The number of benzene rings is 1. The van der Waals surface area contributed by atoms with Crippen LogP contribution in [0.25, 0.3) is 0 Å². The van der Waals surface area contributed by atoms with Crippen LogP contribution in [0.5, 0.6) is 0 Å². The largest absolute Gasteiger partial charge is 0.388 e. The summed E-state index contributed by atoms with van der Waals surface area (Å²) >= 11 is 0. The maximum Gasteiger partial charge on any atom is 0.0843 e. The van der Waals surface area contributed by atoms with Crippen molar-refractivity contribution in [3.8, 4) is 0 Å². The molecule has 3 fully saturated rings. The van der Waals surface area contributed by atoms with Crippen LogP contribution in [0.4, 0.5) is 0 Å². The van der Waals surface area contributed by atoms with Crippen LogP contribution in [0.1, 0.15) is 61.7 Å². The van der Waals surface area contributed by atoms with Gasteiger partial charge in [-0.25, -0.2) is 0 Å². The van der Waals surface area contributed by atoms with Gasteiger partial charge in [-0.15, -0.1) is 0 Å². The van der Waals surface area contributed by atoms with Crippen molar-refractivity contribution in [3.05, 3.63) is 35.4 Å². The van der Waals surface area contributed by atoms with Gasteiger partial charge in [0.15, 0.2) is 0 Å². The molecule has 19 heavy (non-hydrogen) atoms. The van der Waals surface area contributed by atoms with E-state index in [4.69, 9.17) is 4.74 Å². The first-order valence-electron chi connectivity index (χ1n) is 7.74. The molecule has 2 bridgehead atoms. The molecule has 2 aliphatic heterocycles. The Bertz CT molecular complexity index is 449. The second-order valence-corrected chi connectivity index (χ2v) is 6.51. The van der Waals surface area contributed by atoms with Gasteiger partial charge in [-0.3, -0.25) is 0 Å². The number of aliphatic hydroxyl groups is 1. The van der Waals surface area contributed by atoms with E-state index < -0.39 is 0 Å². The highest BCUT2D eigenvalue weighted by Crippen LogP contribution is 2.45. The zero-order valence-electron chi connectivity index (χ0n) is 11.3. The smallest absolute Gasteiger partial charge is 0.0843 e. The van der Waals surface area contributed by atoms with E-state index in [0.717, 1.165) is 24.3 Å². The third kappa shape index (κ3) is 2.02. The van der Waals surface area contributed by atoms with Gasteiger partial charge in [-0.05, 0) is 49.1 Å². The summed E-state index contributed by atoms with van der Waals surface area (Å²) in [6.45, 7) is 0. The third-order valence-corrected chi connectivity index (χ3v) is 5.41. The van der Waals surface area contributed by atoms with Crippen molar-refractivity contribution in [2.24, 2.45) is 5.92 Å². The lowest BCUT2D eigenvalue weighted by atomic mass is 9.79. The molecule has 1 aromatic rings. The number of ether oxygens (including phenoxy) is 1. The lowest BCUT2D eigenvalue weighted by molar-refractivity contribution is 0.0422. The van der Waals surface area contributed by atoms with Crippen LogP contribution in [0.3, 0.4) is 0 Å². The SMILES string of the molecule is OC(c1ccc(C2CCC2)cc1)C1CC2CCC1O2. The standard InChI is InChI=1S/C17H22O2/c18-17(15-10-14-8-9-16(15)19-14)13-6-4-12(5-7-13)11-2-1-3-11/h4-7,11,14-18H,1-3,8-10H2. The Kier molecular flexibility index (Phi) is 2.89. The molecule has 1 saturated carbocycles. The molecule has 4 unspecified atom stereocenters. The fourth-order valence-corrected chi connectivity index (χ4v) is 3.96. The number of rotatable bonds is 3. The Morgan fingerprint density at radius 1 is 1.05 bits per heavy atom. The molecule has 4 rings (SSSR count). The summed E-state index contributed by atoms with van der Waals surface area (Å²) in [5, 5.41) is 10.6. The molecule has 1 aromatic carbocycles. The van der Waals surface area contributed by atoms with E-state index in [9.17, 15) is 5.11 Å². The van der Waals surface area contributed by atoms with Gasteiger partial charge in [0.25, 0.3) is 0 Å². The first-order chi connectivity index (χ1) is 9.31. The Hall–Kier alpha value is -0.860. The molecular formula is C17H22O2. The van der Waals surface area contributed by atoms with Gasteiger partial charge < -0.3 is 9.84 Å². The van der Waals surface area contributed by atoms with Gasteiger partial charge in [0.1, 0.15) is 0 Å². The summed E-state index contributed by atoms with van der Waals surface area (Å²) in [4.78, 5) is 0. The molecule has 3 aliphatic rings. The first kappa shape index (κ1) is 11.9. The van der Waals surface area contributed by atoms with Gasteiger partial charge in [0.05, 0.1) is 18.3 Å². The van der Waals surface area contributed by atoms with Gasteiger partial charge in [-0.2, -0.15) is 0 Å². The second kappa shape index (κ2) is 4.60. The molecule has 2 heterocycles. The van der Waals surface area contributed by atoms with Gasteiger partial charge in [0.2, 0.25) is 0 Å². The molecule has 0 amide bonds. The van der Waals surface area contributed by atoms with E-state index in [1.807, 2.05) is 0 Å². The molecule has 1 aliphatic carbocycles. The Labute approximate surface area is 114 Å². The average Bonchev–Trinajstić information content (AvgIpc) is 2.99. The van der Waals surface area contributed by atoms with Crippen molar-refractivity contribution in [2.45, 2.75) is 62.8 Å². The minimum atomic E-state index is -0.342. The molecule has 0 radical (unpaired) electrons. The van der Waals surface area contributed by atoms with E-state index >= 15 is 0 Å². The van der Waals surface area contributed by atoms with Crippen molar-refractivity contribution >= 4 is 0 Å². The number of hydrogen-bond acceptors (Lipinski definition) is 2. The highest BCUT2D eigenvalue weighted by molar-refractivity contribution is 5.28.